The number of halogens is 1. The van der Waals surface area contributed by atoms with E-state index < -0.39 is 5.54 Å². The summed E-state index contributed by atoms with van der Waals surface area (Å²) in [4.78, 5) is 14.8. The third-order valence-electron chi connectivity index (χ3n) is 5.02. The molecule has 0 saturated carbocycles. The number of nitrogens with zero attached hydrogens (tertiary/aromatic N) is 1. The molecule has 2 aromatic rings. The van der Waals surface area contributed by atoms with E-state index in [1.807, 2.05) is 37.3 Å². The van der Waals surface area contributed by atoms with Crippen LogP contribution >= 0.6 is 11.6 Å². The van der Waals surface area contributed by atoms with Crippen molar-refractivity contribution in [3.05, 3.63) is 64.7 Å². The van der Waals surface area contributed by atoms with Gasteiger partial charge >= 0.3 is 6.03 Å². The molecular weight excluding hydrogens is 362 g/mol. The molecule has 0 bridgehead atoms. The lowest BCUT2D eigenvalue weighted by atomic mass is 9.89. The highest BCUT2D eigenvalue weighted by Gasteiger charge is 2.36. The average Bonchev–Trinajstić information content (AvgIpc) is 2.66. The number of carbonyl (C=O) groups excluding carboxylic acids is 1. The Labute approximate surface area is 165 Å². The maximum Gasteiger partial charge on any atom is 0.319 e. The monoisotopic (exact) mass is 387 g/mol. The molecule has 0 aromatic heterocycles. The van der Waals surface area contributed by atoms with Crippen molar-refractivity contribution in [3.63, 3.8) is 0 Å². The van der Waals surface area contributed by atoms with Crippen molar-refractivity contribution >= 4 is 23.3 Å². The van der Waals surface area contributed by atoms with E-state index in [0.717, 1.165) is 31.5 Å². The molecule has 5 nitrogen and oxygen atoms in total. The summed E-state index contributed by atoms with van der Waals surface area (Å²) >= 11 is 6.12. The lowest BCUT2D eigenvalue weighted by Gasteiger charge is -2.42. The number of rotatable bonds is 5. The van der Waals surface area contributed by atoms with E-state index in [1.54, 1.807) is 6.07 Å². The van der Waals surface area contributed by atoms with Gasteiger partial charge < -0.3 is 15.7 Å². The summed E-state index contributed by atoms with van der Waals surface area (Å²) < 4.78 is 0. The SMILES string of the molecule is Cc1ccc(NC(=O)N[C@@]2(CO)CCCN(Cc3ccccc3)C2)cc1Cl. The first-order valence-electron chi connectivity index (χ1n) is 9.22. The average molecular weight is 388 g/mol. The zero-order valence-corrected chi connectivity index (χ0v) is 16.3. The lowest BCUT2D eigenvalue weighted by Crippen LogP contribution is -2.61. The highest BCUT2D eigenvalue weighted by atomic mass is 35.5. The molecule has 2 amide bonds. The largest absolute Gasteiger partial charge is 0.394 e. The summed E-state index contributed by atoms with van der Waals surface area (Å²) in [7, 11) is 0. The fourth-order valence-corrected chi connectivity index (χ4v) is 3.73. The molecule has 1 heterocycles. The van der Waals surface area contributed by atoms with Gasteiger partial charge in [0.05, 0.1) is 12.1 Å². The van der Waals surface area contributed by atoms with Crippen molar-refractivity contribution in [2.75, 3.05) is 25.0 Å². The number of urea groups is 1. The Bertz CT molecular complexity index is 784. The molecule has 3 rings (SSSR count). The maximum atomic E-state index is 12.5. The van der Waals surface area contributed by atoms with E-state index in [4.69, 9.17) is 11.6 Å². The number of carbonyl (C=O) groups is 1. The van der Waals surface area contributed by atoms with Crippen molar-refractivity contribution in [1.82, 2.24) is 10.2 Å². The van der Waals surface area contributed by atoms with Gasteiger partial charge in [0, 0.05) is 23.8 Å². The van der Waals surface area contributed by atoms with Crippen LogP contribution in [0.1, 0.15) is 24.0 Å². The Hall–Kier alpha value is -2.08. The third-order valence-corrected chi connectivity index (χ3v) is 5.42. The van der Waals surface area contributed by atoms with Gasteiger partial charge in [-0.25, -0.2) is 4.79 Å². The number of likely N-dealkylation sites (tertiary alicyclic amines) is 1. The number of aryl methyl sites for hydroxylation is 1. The molecule has 0 unspecified atom stereocenters. The van der Waals surface area contributed by atoms with Crippen LogP contribution in [0.2, 0.25) is 5.02 Å². The van der Waals surface area contributed by atoms with Gasteiger partial charge in [-0.2, -0.15) is 0 Å². The normalized spacial score (nSPS) is 20.3. The number of amides is 2. The molecule has 2 aromatic carbocycles. The second kappa shape index (κ2) is 8.74. The van der Waals surface area contributed by atoms with Crippen LogP contribution in [-0.4, -0.2) is 41.3 Å². The van der Waals surface area contributed by atoms with Crippen LogP contribution < -0.4 is 10.6 Å². The zero-order chi connectivity index (χ0) is 19.3. The number of hydrogen-bond donors (Lipinski definition) is 3. The van der Waals surface area contributed by atoms with Crippen LogP contribution in [0.15, 0.2) is 48.5 Å². The maximum absolute atomic E-state index is 12.5. The van der Waals surface area contributed by atoms with E-state index >= 15 is 0 Å². The van der Waals surface area contributed by atoms with Crippen molar-refractivity contribution in [2.45, 2.75) is 31.8 Å². The molecule has 1 aliphatic rings. The van der Waals surface area contributed by atoms with Crippen molar-refractivity contribution in [1.29, 1.82) is 0 Å². The third kappa shape index (κ3) is 5.22. The second-order valence-corrected chi connectivity index (χ2v) is 7.69. The number of hydrogen-bond acceptors (Lipinski definition) is 3. The van der Waals surface area contributed by atoms with Crippen molar-refractivity contribution in [2.24, 2.45) is 0 Å². The molecule has 27 heavy (non-hydrogen) atoms. The minimum absolute atomic E-state index is 0.0969. The first-order chi connectivity index (χ1) is 13.0. The van der Waals surface area contributed by atoms with E-state index in [1.165, 1.54) is 5.56 Å². The van der Waals surface area contributed by atoms with Gasteiger partial charge in [0.25, 0.3) is 0 Å². The fraction of sp³-hybridized carbons (Fsp3) is 0.381. The molecule has 3 N–H and O–H groups in total. The summed E-state index contributed by atoms with van der Waals surface area (Å²) in [6.45, 7) is 4.18. The number of aliphatic hydroxyl groups is 1. The van der Waals surface area contributed by atoms with Gasteiger partial charge in [-0.05, 0) is 49.6 Å². The van der Waals surface area contributed by atoms with Gasteiger partial charge in [0.2, 0.25) is 0 Å². The predicted molar refractivity (Wildman–Crippen MR) is 109 cm³/mol. The number of piperidine rings is 1. The Morgan fingerprint density at radius 1 is 1.26 bits per heavy atom. The summed E-state index contributed by atoms with van der Waals surface area (Å²) in [5, 5.41) is 16.5. The molecule has 1 fully saturated rings. The molecular formula is C21H26ClN3O2. The number of aliphatic hydroxyl groups excluding tert-OH is 1. The number of nitrogens with one attached hydrogen (secondary N) is 2. The van der Waals surface area contributed by atoms with Crippen LogP contribution in [0, 0.1) is 6.92 Å². The quantitative estimate of drug-likeness (QED) is 0.731. The minimum Gasteiger partial charge on any atom is -0.394 e. The number of anilines is 1. The minimum atomic E-state index is -0.647. The Kier molecular flexibility index (Phi) is 6.37. The molecule has 1 saturated heterocycles. The molecule has 1 atom stereocenters. The van der Waals surface area contributed by atoms with Crippen molar-refractivity contribution in [3.8, 4) is 0 Å². The Morgan fingerprint density at radius 2 is 2.04 bits per heavy atom. The van der Waals surface area contributed by atoms with Crippen LogP contribution in [0.5, 0.6) is 0 Å². The fourth-order valence-electron chi connectivity index (χ4n) is 3.55. The lowest BCUT2D eigenvalue weighted by molar-refractivity contribution is 0.0712. The highest BCUT2D eigenvalue weighted by Crippen LogP contribution is 2.24. The molecule has 6 heteroatoms. The molecule has 0 aliphatic carbocycles. The topological polar surface area (TPSA) is 64.6 Å². The van der Waals surface area contributed by atoms with Gasteiger partial charge in [0.15, 0.2) is 0 Å². The predicted octanol–water partition coefficient (Wildman–Crippen LogP) is 3.80. The van der Waals surface area contributed by atoms with Crippen LogP contribution in [0.25, 0.3) is 0 Å². The van der Waals surface area contributed by atoms with E-state index in [0.29, 0.717) is 17.3 Å². The van der Waals surface area contributed by atoms with Gasteiger partial charge in [-0.3, -0.25) is 4.90 Å². The summed E-state index contributed by atoms with van der Waals surface area (Å²) in [6.07, 6.45) is 1.67. The Morgan fingerprint density at radius 3 is 2.74 bits per heavy atom. The van der Waals surface area contributed by atoms with Gasteiger partial charge in [-0.15, -0.1) is 0 Å². The molecule has 1 aliphatic heterocycles. The first-order valence-corrected chi connectivity index (χ1v) is 9.60. The van der Waals surface area contributed by atoms with Crippen LogP contribution in [0.4, 0.5) is 10.5 Å². The summed E-state index contributed by atoms with van der Waals surface area (Å²) in [5.41, 5.74) is 2.17. The van der Waals surface area contributed by atoms with Crippen molar-refractivity contribution < 1.29 is 9.90 Å². The summed E-state index contributed by atoms with van der Waals surface area (Å²) in [6, 6.07) is 15.3. The smallest absolute Gasteiger partial charge is 0.319 e. The standard InChI is InChI=1S/C21H26ClN3O2/c1-16-8-9-18(12-19(16)22)23-20(27)24-21(15-26)10-5-11-25(14-21)13-17-6-3-2-4-7-17/h2-4,6-9,12,26H,5,10-11,13-15H2,1H3,(H2,23,24,27)/t21-/m0/s1. The van der Waals surface area contributed by atoms with E-state index in [-0.39, 0.29) is 12.6 Å². The zero-order valence-electron chi connectivity index (χ0n) is 15.5. The molecule has 144 valence electrons. The number of benzene rings is 2. The Balaban J connectivity index is 1.63. The van der Waals surface area contributed by atoms with Crippen LogP contribution in [0.3, 0.4) is 0 Å². The highest BCUT2D eigenvalue weighted by molar-refractivity contribution is 6.31. The van der Waals surface area contributed by atoms with Crippen LogP contribution in [-0.2, 0) is 6.54 Å². The molecule has 0 radical (unpaired) electrons. The van der Waals surface area contributed by atoms with Gasteiger partial charge in [-0.1, -0.05) is 48.0 Å². The second-order valence-electron chi connectivity index (χ2n) is 7.28. The van der Waals surface area contributed by atoms with E-state index in [9.17, 15) is 9.90 Å². The van der Waals surface area contributed by atoms with E-state index in [2.05, 4.69) is 27.7 Å². The summed E-state index contributed by atoms with van der Waals surface area (Å²) in [5.74, 6) is 0. The first kappa shape index (κ1) is 19.7. The molecule has 0 spiro atoms. The van der Waals surface area contributed by atoms with Gasteiger partial charge in [0.1, 0.15) is 0 Å².